The molecule has 0 aliphatic carbocycles. The first-order valence-electron chi connectivity index (χ1n) is 15.1. The van der Waals surface area contributed by atoms with Crippen LogP contribution in [0, 0.1) is 5.82 Å². The molecule has 3 aromatic rings. The fourth-order valence-corrected chi connectivity index (χ4v) is 6.57. The molecule has 10 nitrogen and oxygen atoms in total. The van der Waals surface area contributed by atoms with Crippen LogP contribution in [0.5, 0.6) is 0 Å². The summed E-state index contributed by atoms with van der Waals surface area (Å²) in [6, 6.07) is 11.9. The quantitative estimate of drug-likeness (QED) is 0.260. The Labute approximate surface area is 269 Å². The van der Waals surface area contributed by atoms with Crippen LogP contribution >= 0.6 is 11.6 Å². The number of carbonyl (C=O) groups is 4. The zero-order valence-electron chi connectivity index (χ0n) is 25.1. The Kier molecular flexibility index (Phi) is 8.77. The van der Waals surface area contributed by atoms with E-state index in [0.29, 0.717) is 54.7 Å². The second-order valence-corrected chi connectivity index (χ2v) is 12.0. The number of ether oxygens (including phenoxy) is 2. The molecule has 1 fully saturated rings. The van der Waals surface area contributed by atoms with E-state index in [2.05, 4.69) is 15.6 Å². The zero-order chi connectivity index (χ0) is 32.4. The summed E-state index contributed by atoms with van der Waals surface area (Å²) >= 11 is 6.14. The number of amides is 3. The molecule has 2 aromatic carbocycles. The van der Waals surface area contributed by atoms with Crippen molar-refractivity contribution >= 4 is 46.9 Å². The van der Waals surface area contributed by atoms with Crippen LogP contribution in [-0.4, -0.2) is 54.0 Å². The van der Waals surface area contributed by atoms with E-state index in [4.69, 9.17) is 21.1 Å². The molecule has 0 saturated carbocycles. The summed E-state index contributed by atoms with van der Waals surface area (Å²) < 4.78 is 26.0. The Morgan fingerprint density at radius 2 is 1.98 bits per heavy atom. The number of pyridine rings is 1. The Balaban J connectivity index is 1.36. The third kappa shape index (κ3) is 6.19. The second kappa shape index (κ2) is 12.9. The highest BCUT2D eigenvalue weighted by Gasteiger charge is 2.49. The Bertz CT molecular complexity index is 1760. The standard InChI is InChI=1S/C34H32ClFN4O6/c1-45-29(42)17-20-8-9-22-21-12-14-37-26(18-21)23(6-3-2-4-7-28(41)38-27(22)16-20)32(43)40-15-5-13-34(19-40)30-25(39-33(44)46-34)11-10-24(35)31(30)36/h2-3,8-12,14,16,18,23H,4-7,13,15,17,19H2,1H3,(H,38,41)(H,39,44)/b3-2+/t23-,34-/m0/s1. The number of piperidine rings is 1. The van der Waals surface area contributed by atoms with Gasteiger partial charge in [-0.3, -0.25) is 24.7 Å². The summed E-state index contributed by atoms with van der Waals surface area (Å²) in [4.78, 5) is 57.9. The first-order chi connectivity index (χ1) is 22.2. The van der Waals surface area contributed by atoms with Crippen LogP contribution in [0.4, 0.5) is 20.6 Å². The van der Waals surface area contributed by atoms with Gasteiger partial charge in [0.1, 0.15) is 0 Å². The fraction of sp³-hybridized carbons (Fsp3) is 0.324. The molecule has 2 N–H and O–H groups in total. The van der Waals surface area contributed by atoms with Crippen molar-refractivity contribution in [3.63, 3.8) is 0 Å². The maximum absolute atomic E-state index is 15.5. The van der Waals surface area contributed by atoms with Crippen molar-refractivity contribution in [3.05, 3.63) is 88.5 Å². The van der Waals surface area contributed by atoms with Gasteiger partial charge in [-0.1, -0.05) is 35.9 Å². The third-order valence-electron chi connectivity index (χ3n) is 8.60. The van der Waals surface area contributed by atoms with Gasteiger partial charge in [0.2, 0.25) is 11.8 Å². The van der Waals surface area contributed by atoms with Gasteiger partial charge in [0.25, 0.3) is 0 Å². The number of anilines is 2. The monoisotopic (exact) mass is 646 g/mol. The van der Waals surface area contributed by atoms with Gasteiger partial charge in [0.15, 0.2) is 11.4 Å². The van der Waals surface area contributed by atoms with E-state index in [-0.39, 0.29) is 47.5 Å². The number of nitrogens with one attached hydrogen (secondary N) is 2. The highest BCUT2D eigenvalue weighted by Crippen LogP contribution is 2.46. The molecule has 0 radical (unpaired) electrons. The molecule has 3 aliphatic rings. The van der Waals surface area contributed by atoms with E-state index in [1.165, 1.54) is 19.2 Å². The maximum atomic E-state index is 15.5. The van der Waals surface area contributed by atoms with Gasteiger partial charge in [-0.15, -0.1) is 0 Å². The lowest BCUT2D eigenvalue weighted by Gasteiger charge is -2.45. The van der Waals surface area contributed by atoms with Crippen LogP contribution < -0.4 is 10.6 Å². The van der Waals surface area contributed by atoms with E-state index in [0.717, 1.165) is 5.56 Å². The van der Waals surface area contributed by atoms with Crippen LogP contribution in [-0.2, 0) is 35.9 Å². The van der Waals surface area contributed by atoms with Crippen molar-refractivity contribution in [2.45, 2.75) is 50.0 Å². The molecule has 2 atom stereocenters. The van der Waals surface area contributed by atoms with Crippen molar-refractivity contribution in [2.24, 2.45) is 0 Å². The highest BCUT2D eigenvalue weighted by atomic mass is 35.5. The highest BCUT2D eigenvalue weighted by molar-refractivity contribution is 6.31. The molecule has 1 spiro atoms. The molecular formula is C34H32ClFN4O6. The van der Waals surface area contributed by atoms with Crippen molar-refractivity contribution in [1.82, 2.24) is 9.88 Å². The minimum absolute atomic E-state index is 0.0455. The summed E-state index contributed by atoms with van der Waals surface area (Å²) in [7, 11) is 1.32. The molecule has 1 aromatic heterocycles. The topological polar surface area (TPSA) is 127 Å². The number of fused-ring (bicyclic) bond motifs is 6. The summed E-state index contributed by atoms with van der Waals surface area (Å²) in [6.07, 6.45) is 6.42. The number of methoxy groups -OCH3 is 1. The summed E-state index contributed by atoms with van der Waals surface area (Å²) in [5.74, 6) is -2.24. The average molecular weight is 647 g/mol. The lowest BCUT2D eigenvalue weighted by molar-refractivity contribution is -0.141. The molecule has 6 rings (SSSR count). The smallest absolute Gasteiger partial charge is 0.412 e. The van der Waals surface area contributed by atoms with Crippen LogP contribution in [0.2, 0.25) is 5.02 Å². The fourth-order valence-electron chi connectivity index (χ4n) is 6.41. The predicted octanol–water partition coefficient (Wildman–Crippen LogP) is 6.10. The third-order valence-corrected chi connectivity index (χ3v) is 8.89. The number of carbonyl (C=O) groups excluding carboxylic acids is 4. The van der Waals surface area contributed by atoms with Crippen molar-refractivity contribution in [2.75, 3.05) is 30.8 Å². The maximum Gasteiger partial charge on any atom is 0.412 e. The molecule has 12 heteroatoms. The number of esters is 1. The average Bonchev–Trinajstić information content (AvgIpc) is 3.04. The normalized spacial score (nSPS) is 21.6. The van der Waals surface area contributed by atoms with E-state index in [1.54, 1.807) is 29.3 Å². The second-order valence-electron chi connectivity index (χ2n) is 11.6. The number of hydrogen-bond donors (Lipinski definition) is 2. The first-order valence-corrected chi connectivity index (χ1v) is 15.4. The van der Waals surface area contributed by atoms with Gasteiger partial charge >= 0.3 is 12.1 Å². The molecule has 3 amide bonds. The Hall–Kier alpha value is -4.77. The molecule has 4 heterocycles. The van der Waals surface area contributed by atoms with E-state index >= 15 is 4.39 Å². The van der Waals surface area contributed by atoms with E-state index in [9.17, 15) is 19.2 Å². The van der Waals surface area contributed by atoms with Crippen molar-refractivity contribution in [1.29, 1.82) is 0 Å². The van der Waals surface area contributed by atoms with E-state index in [1.807, 2.05) is 24.3 Å². The number of nitrogens with zero attached hydrogens (tertiary/aromatic N) is 2. The summed E-state index contributed by atoms with van der Waals surface area (Å²) in [5, 5.41) is 5.42. The van der Waals surface area contributed by atoms with Gasteiger partial charge in [-0.25, -0.2) is 9.18 Å². The van der Waals surface area contributed by atoms with Gasteiger partial charge in [-0.2, -0.15) is 0 Å². The summed E-state index contributed by atoms with van der Waals surface area (Å²) in [6.45, 7) is 0.334. The molecule has 2 bridgehead atoms. The van der Waals surface area contributed by atoms with Gasteiger partial charge in [0.05, 0.1) is 48.0 Å². The van der Waals surface area contributed by atoms with Gasteiger partial charge < -0.3 is 19.7 Å². The number of allylic oxidation sites excluding steroid dienone is 2. The lowest BCUT2D eigenvalue weighted by atomic mass is 9.82. The number of likely N-dealkylation sites (tertiary alicyclic amines) is 1. The van der Waals surface area contributed by atoms with Crippen molar-refractivity contribution < 1.29 is 33.0 Å². The first kappa shape index (κ1) is 31.2. The number of aromatic nitrogens is 1. The van der Waals surface area contributed by atoms with Crippen LogP contribution in [0.15, 0.2) is 60.8 Å². The SMILES string of the molecule is COC(=O)Cc1ccc2c(c1)NC(=O)CC/C=C/C[C@H](C(=O)N1CCC[C@@]3(C1)OC(=O)Nc1ccc(Cl)c(F)c13)c1cc-2ccn1. The minimum Gasteiger partial charge on any atom is -0.469 e. The number of rotatable bonds is 3. The van der Waals surface area contributed by atoms with Gasteiger partial charge in [-0.05, 0) is 67.1 Å². The lowest BCUT2D eigenvalue weighted by Crippen LogP contribution is -2.54. The molecule has 1 saturated heterocycles. The largest absolute Gasteiger partial charge is 0.469 e. The predicted molar refractivity (Wildman–Crippen MR) is 169 cm³/mol. The molecule has 3 aliphatic heterocycles. The number of halogens is 2. The van der Waals surface area contributed by atoms with Gasteiger partial charge in [0, 0.05) is 30.4 Å². The summed E-state index contributed by atoms with van der Waals surface area (Å²) in [5.41, 5.74) is 2.14. The minimum atomic E-state index is -1.40. The zero-order valence-corrected chi connectivity index (χ0v) is 25.9. The number of benzene rings is 2. The molecule has 0 unspecified atom stereocenters. The Morgan fingerprint density at radius 1 is 1.13 bits per heavy atom. The Morgan fingerprint density at radius 3 is 2.80 bits per heavy atom. The van der Waals surface area contributed by atoms with Crippen LogP contribution in [0.3, 0.4) is 0 Å². The molecule has 46 heavy (non-hydrogen) atoms. The molecular weight excluding hydrogens is 615 g/mol. The van der Waals surface area contributed by atoms with E-state index < -0.39 is 29.4 Å². The molecule has 238 valence electrons. The van der Waals surface area contributed by atoms with Crippen molar-refractivity contribution in [3.8, 4) is 11.1 Å². The number of hydrogen-bond acceptors (Lipinski definition) is 7. The van der Waals surface area contributed by atoms with Crippen LogP contribution in [0.25, 0.3) is 11.1 Å². The van der Waals surface area contributed by atoms with Crippen LogP contribution in [0.1, 0.15) is 54.8 Å².